The van der Waals surface area contributed by atoms with Crippen molar-refractivity contribution in [1.29, 1.82) is 0 Å². The lowest BCUT2D eigenvalue weighted by atomic mass is 10.5. The summed E-state index contributed by atoms with van der Waals surface area (Å²) in [4.78, 5) is 0.914. The minimum absolute atomic E-state index is 0.597. The number of nitrogens with zero attached hydrogens (tertiary/aromatic N) is 2. The van der Waals surface area contributed by atoms with E-state index in [1.165, 1.54) is 11.3 Å². The number of hydrogen-bond donors (Lipinski definition) is 2. The van der Waals surface area contributed by atoms with Gasteiger partial charge in [0.25, 0.3) is 0 Å². The van der Waals surface area contributed by atoms with E-state index < -0.39 is 0 Å². The molecule has 5 heteroatoms. The highest BCUT2D eigenvalue weighted by molar-refractivity contribution is 7.15. The lowest BCUT2D eigenvalue weighted by molar-refractivity contribution is 0.978. The monoisotopic (exact) mass is 154 g/mol. The molecular formula is C5H6N4S. The number of anilines is 2. The molecule has 0 radical (unpaired) electrons. The summed E-state index contributed by atoms with van der Waals surface area (Å²) < 4.78 is 1.68. The lowest BCUT2D eigenvalue weighted by Gasteiger charge is -1.83. The first kappa shape index (κ1) is 5.55. The number of aromatic nitrogens is 2. The topological polar surface area (TPSA) is 69.3 Å². The van der Waals surface area contributed by atoms with Gasteiger partial charge in [0.1, 0.15) is 10.3 Å². The zero-order chi connectivity index (χ0) is 7.14. The highest BCUT2D eigenvalue weighted by Gasteiger charge is 2.04. The molecule has 2 rings (SSSR count). The molecule has 4 nitrogen and oxygen atoms in total. The van der Waals surface area contributed by atoms with Gasteiger partial charge < -0.3 is 11.5 Å². The number of hydrogen-bond acceptors (Lipinski definition) is 4. The van der Waals surface area contributed by atoms with Crippen LogP contribution in [-0.2, 0) is 0 Å². The molecule has 0 spiro atoms. The Hall–Kier alpha value is -1.23. The van der Waals surface area contributed by atoms with E-state index in [0.717, 1.165) is 4.83 Å². The van der Waals surface area contributed by atoms with Gasteiger partial charge in [-0.25, -0.2) is 4.52 Å². The zero-order valence-corrected chi connectivity index (χ0v) is 5.93. The van der Waals surface area contributed by atoms with E-state index in [4.69, 9.17) is 11.5 Å². The summed E-state index contributed by atoms with van der Waals surface area (Å²) in [7, 11) is 0. The van der Waals surface area contributed by atoms with Gasteiger partial charge in [0, 0.05) is 0 Å². The second-order valence-electron chi connectivity index (χ2n) is 1.99. The third kappa shape index (κ3) is 0.522. The average Bonchev–Trinajstić information content (AvgIpc) is 2.41. The van der Waals surface area contributed by atoms with Gasteiger partial charge in [-0.2, -0.15) is 5.10 Å². The van der Waals surface area contributed by atoms with Gasteiger partial charge in [0.05, 0.1) is 17.6 Å². The molecule has 0 aromatic carbocycles. The highest BCUT2D eigenvalue weighted by Crippen LogP contribution is 2.25. The molecule has 0 unspecified atom stereocenters. The van der Waals surface area contributed by atoms with Crippen molar-refractivity contribution < 1.29 is 0 Å². The Balaban J connectivity index is 2.95. The van der Waals surface area contributed by atoms with Gasteiger partial charge in [0.15, 0.2) is 0 Å². The van der Waals surface area contributed by atoms with Crippen LogP contribution in [0, 0.1) is 0 Å². The van der Waals surface area contributed by atoms with E-state index in [0.29, 0.717) is 11.4 Å². The molecule has 0 bridgehead atoms. The summed E-state index contributed by atoms with van der Waals surface area (Å²) in [6.07, 6.45) is 1.71. The smallest absolute Gasteiger partial charge is 0.144 e. The standard InChI is InChI=1S/C5H6N4S/c6-3-1-9-5(4(3)7)10-2-8-9/h1-2H,6-7H2. The molecule has 0 saturated heterocycles. The minimum atomic E-state index is 0.597. The molecule has 0 saturated carbocycles. The third-order valence-corrected chi connectivity index (χ3v) is 2.18. The van der Waals surface area contributed by atoms with Crippen molar-refractivity contribution in [3.63, 3.8) is 0 Å². The first-order valence-corrected chi connectivity index (χ1v) is 3.63. The van der Waals surface area contributed by atoms with Crippen molar-refractivity contribution in [2.45, 2.75) is 0 Å². The largest absolute Gasteiger partial charge is 0.396 e. The van der Waals surface area contributed by atoms with E-state index in [1.807, 2.05) is 0 Å². The average molecular weight is 154 g/mol. The molecule has 4 N–H and O–H groups in total. The predicted molar refractivity (Wildman–Crippen MR) is 41.9 cm³/mol. The van der Waals surface area contributed by atoms with Crippen molar-refractivity contribution in [2.75, 3.05) is 11.5 Å². The zero-order valence-electron chi connectivity index (χ0n) is 5.11. The molecule has 0 aliphatic heterocycles. The first-order chi connectivity index (χ1) is 4.79. The Morgan fingerprint density at radius 1 is 1.50 bits per heavy atom. The van der Waals surface area contributed by atoms with Crippen LogP contribution in [0.3, 0.4) is 0 Å². The maximum Gasteiger partial charge on any atom is 0.144 e. The molecule has 2 aromatic heterocycles. The van der Waals surface area contributed by atoms with Gasteiger partial charge >= 0.3 is 0 Å². The van der Waals surface area contributed by atoms with Crippen LogP contribution < -0.4 is 11.5 Å². The highest BCUT2D eigenvalue weighted by atomic mass is 32.1. The summed E-state index contributed by atoms with van der Waals surface area (Å²) in [5.74, 6) is 0. The SMILES string of the molecule is Nc1cn2ncsc2c1N. The Bertz CT molecular complexity index is 360. The van der Waals surface area contributed by atoms with Gasteiger partial charge in [-0.15, -0.1) is 11.3 Å². The van der Waals surface area contributed by atoms with E-state index in [-0.39, 0.29) is 0 Å². The summed E-state index contributed by atoms with van der Waals surface area (Å²) in [5, 5.41) is 3.98. The van der Waals surface area contributed by atoms with Crippen LogP contribution >= 0.6 is 11.3 Å². The van der Waals surface area contributed by atoms with Crippen LogP contribution in [0.1, 0.15) is 0 Å². The predicted octanol–water partition coefficient (Wildman–Crippen LogP) is 0.560. The van der Waals surface area contributed by atoms with E-state index in [9.17, 15) is 0 Å². The fraction of sp³-hybridized carbons (Fsp3) is 0. The maximum atomic E-state index is 5.61. The van der Waals surface area contributed by atoms with E-state index >= 15 is 0 Å². The van der Waals surface area contributed by atoms with Crippen molar-refractivity contribution in [2.24, 2.45) is 0 Å². The molecule has 52 valence electrons. The number of nitrogen functional groups attached to an aromatic ring is 2. The van der Waals surface area contributed by atoms with E-state index in [2.05, 4.69) is 5.10 Å². The van der Waals surface area contributed by atoms with E-state index in [1.54, 1.807) is 16.2 Å². The van der Waals surface area contributed by atoms with Crippen LogP contribution in [0.2, 0.25) is 0 Å². The van der Waals surface area contributed by atoms with Gasteiger partial charge in [-0.1, -0.05) is 0 Å². The van der Waals surface area contributed by atoms with Crippen LogP contribution in [0.4, 0.5) is 11.4 Å². The van der Waals surface area contributed by atoms with Gasteiger partial charge in [-0.3, -0.25) is 0 Å². The number of fused-ring (bicyclic) bond motifs is 1. The summed E-state index contributed by atoms with van der Waals surface area (Å²) in [5.41, 5.74) is 14.1. The minimum Gasteiger partial charge on any atom is -0.396 e. The molecule has 0 atom stereocenters. The molecule has 0 aliphatic carbocycles. The molecule has 0 fully saturated rings. The Kier molecular flexibility index (Phi) is 0.906. The molecular weight excluding hydrogens is 148 g/mol. The number of rotatable bonds is 0. The van der Waals surface area contributed by atoms with Gasteiger partial charge in [-0.05, 0) is 0 Å². The Morgan fingerprint density at radius 3 is 3.00 bits per heavy atom. The molecule has 2 heterocycles. The summed E-state index contributed by atoms with van der Waals surface area (Å²) in [6.45, 7) is 0. The van der Waals surface area contributed by atoms with Crippen molar-refractivity contribution in [1.82, 2.24) is 9.61 Å². The Labute approximate surface area is 61.1 Å². The second kappa shape index (κ2) is 1.63. The molecule has 0 aliphatic rings. The lowest BCUT2D eigenvalue weighted by Crippen LogP contribution is -1.88. The quantitative estimate of drug-likeness (QED) is 0.582. The van der Waals surface area contributed by atoms with Crippen LogP contribution in [0.25, 0.3) is 4.83 Å². The van der Waals surface area contributed by atoms with Crippen LogP contribution in [-0.4, -0.2) is 9.61 Å². The number of nitrogens with two attached hydrogens (primary N) is 2. The summed E-state index contributed by atoms with van der Waals surface area (Å²) in [6, 6.07) is 0. The first-order valence-electron chi connectivity index (χ1n) is 2.75. The second-order valence-corrected chi connectivity index (χ2v) is 2.82. The van der Waals surface area contributed by atoms with Gasteiger partial charge in [0.2, 0.25) is 0 Å². The Morgan fingerprint density at radius 2 is 2.30 bits per heavy atom. The molecule has 0 amide bonds. The third-order valence-electron chi connectivity index (χ3n) is 1.35. The maximum absolute atomic E-state index is 5.61. The normalized spacial score (nSPS) is 10.8. The fourth-order valence-corrected chi connectivity index (χ4v) is 1.54. The van der Waals surface area contributed by atoms with Crippen molar-refractivity contribution in [3.05, 3.63) is 11.7 Å². The summed E-state index contributed by atoms with van der Waals surface area (Å²) >= 11 is 1.48. The van der Waals surface area contributed by atoms with Crippen molar-refractivity contribution in [3.8, 4) is 0 Å². The van der Waals surface area contributed by atoms with Crippen LogP contribution in [0.15, 0.2) is 11.7 Å². The van der Waals surface area contributed by atoms with Crippen LogP contribution in [0.5, 0.6) is 0 Å². The molecule has 10 heavy (non-hydrogen) atoms. The molecule has 2 aromatic rings. The van der Waals surface area contributed by atoms with Crippen molar-refractivity contribution >= 4 is 27.5 Å². The fourth-order valence-electron chi connectivity index (χ4n) is 0.834.